The third kappa shape index (κ3) is 8.99. The van der Waals surface area contributed by atoms with E-state index in [0.29, 0.717) is 44.3 Å². The van der Waals surface area contributed by atoms with Crippen LogP contribution in [0.3, 0.4) is 0 Å². The maximum Gasteiger partial charge on any atom is 0.324 e. The van der Waals surface area contributed by atoms with Crippen molar-refractivity contribution in [2.24, 2.45) is 24.3 Å². The van der Waals surface area contributed by atoms with Gasteiger partial charge in [0.05, 0.1) is 24.4 Å². The lowest BCUT2D eigenvalue weighted by Crippen LogP contribution is -2.62. The van der Waals surface area contributed by atoms with Gasteiger partial charge in [0.2, 0.25) is 17.7 Å². The lowest BCUT2D eigenvalue weighted by molar-refractivity contribution is -0.155. The van der Waals surface area contributed by atoms with Crippen LogP contribution in [0.5, 0.6) is 5.75 Å². The molecule has 4 atom stereocenters. The summed E-state index contributed by atoms with van der Waals surface area (Å²) in [4.78, 5) is 72.0. The number of nitrogens with one attached hydrogen (secondary N) is 2. The molecule has 4 aromatic rings. The summed E-state index contributed by atoms with van der Waals surface area (Å²) in [5, 5.41) is 21.1. The van der Waals surface area contributed by atoms with Crippen LogP contribution in [-0.4, -0.2) is 115 Å². The fraction of sp³-hybridized carbons (Fsp3) is 0.489. The van der Waals surface area contributed by atoms with Crippen molar-refractivity contribution in [3.8, 4) is 28.1 Å². The van der Waals surface area contributed by atoms with Crippen LogP contribution in [0.4, 0.5) is 0 Å². The average Bonchev–Trinajstić information content (AvgIpc) is 3.98. The second-order valence-electron chi connectivity index (χ2n) is 18.2. The number of likely N-dealkylation sites (tertiary alicyclic amines) is 1. The van der Waals surface area contributed by atoms with Gasteiger partial charge in [0, 0.05) is 74.8 Å². The summed E-state index contributed by atoms with van der Waals surface area (Å²) in [5.74, 6) is -2.80. The van der Waals surface area contributed by atoms with E-state index in [-0.39, 0.29) is 49.6 Å². The first kappa shape index (κ1) is 44.1. The number of nitrogens with zero attached hydrogens (tertiary/aromatic N) is 6. The summed E-state index contributed by atoms with van der Waals surface area (Å²) >= 11 is 0. The van der Waals surface area contributed by atoms with Crippen molar-refractivity contribution in [3.63, 3.8) is 0 Å². The van der Waals surface area contributed by atoms with E-state index in [1.807, 2.05) is 45.4 Å². The maximum atomic E-state index is 14.6. The van der Waals surface area contributed by atoms with E-state index in [0.717, 1.165) is 38.9 Å². The summed E-state index contributed by atoms with van der Waals surface area (Å²) in [6.07, 6.45) is 7.11. The summed E-state index contributed by atoms with van der Waals surface area (Å²) < 4.78 is 10.1. The first-order valence-electron chi connectivity index (χ1n) is 21.7. The number of aromatic hydroxyl groups is 1. The highest BCUT2D eigenvalue weighted by Gasteiger charge is 2.40. The zero-order valence-corrected chi connectivity index (χ0v) is 36.9. The summed E-state index contributed by atoms with van der Waals surface area (Å²) in [5.41, 5.74) is 8.93. The standard InChI is InChI=1S/C47H60N8O7/c1-9-40(57)53-17-15-31(26-53)44(59)52(8)41(28(3)4)43(58)49-38-20-29-18-32(21-34(56)19-29)30-13-14-39-35(22-30)36(42(54(39)10-2)33-24-48-51(7)25-33)23-47(5,6)27-62-46(61)37-12-11-16-55(50-37)45(38)60/h9,13-14,18-19,21-22,24-25,28,31,37-38,41,50,56H,1,10-12,15-17,20,23,26-27H2,2-8H3,(H,49,58)/t31-,37-,38-,41-/m0/s1. The van der Waals surface area contributed by atoms with Gasteiger partial charge < -0.3 is 29.5 Å². The zero-order valence-electron chi connectivity index (χ0n) is 36.9. The first-order valence-corrected chi connectivity index (χ1v) is 21.7. The Bertz CT molecular complexity index is 2400. The van der Waals surface area contributed by atoms with Crippen LogP contribution in [-0.2, 0) is 55.1 Å². The molecule has 15 heteroatoms. The molecule has 0 spiro atoms. The fourth-order valence-corrected chi connectivity index (χ4v) is 9.48. The highest BCUT2D eigenvalue weighted by atomic mass is 16.5. The number of likely N-dealkylation sites (N-methyl/N-ethyl adjacent to an activating group) is 1. The number of hydrogen-bond acceptors (Lipinski definition) is 9. The van der Waals surface area contributed by atoms with E-state index in [2.05, 4.69) is 59.9 Å². The number of aromatic nitrogens is 3. The second kappa shape index (κ2) is 17.8. The third-order valence-corrected chi connectivity index (χ3v) is 12.5. The number of aryl methyl sites for hydroxylation is 2. The topological polar surface area (TPSA) is 171 Å². The van der Waals surface area contributed by atoms with Gasteiger partial charge in [0.25, 0.3) is 5.91 Å². The molecule has 3 aliphatic rings. The highest BCUT2D eigenvalue weighted by molar-refractivity contribution is 5.96. The minimum atomic E-state index is -1.15. The smallest absolute Gasteiger partial charge is 0.324 e. The number of carbonyl (C=O) groups is 5. The minimum Gasteiger partial charge on any atom is -0.508 e. The molecule has 3 aliphatic heterocycles. The van der Waals surface area contributed by atoms with Crippen molar-refractivity contribution in [1.82, 2.24) is 39.9 Å². The van der Waals surface area contributed by atoms with Gasteiger partial charge in [-0.3, -0.25) is 33.7 Å². The summed E-state index contributed by atoms with van der Waals surface area (Å²) in [7, 11) is 3.47. The molecule has 15 nitrogen and oxygen atoms in total. The molecule has 2 saturated heterocycles. The van der Waals surface area contributed by atoms with Crippen LogP contribution >= 0.6 is 0 Å². The number of phenols is 1. The van der Waals surface area contributed by atoms with Gasteiger partial charge in [-0.05, 0) is 91.1 Å². The van der Waals surface area contributed by atoms with Crippen molar-refractivity contribution in [2.45, 2.75) is 91.4 Å². The largest absolute Gasteiger partial charge is 0.508 e. The van der Waals surface area contributed by atoms with Crippen LogP contribution < -0.4 is 10.7 Å². The molecule has 0 aliphatic carbocycles. The van der Waals surface area contributed by atoms with Gasteiger partial charge in [-0.2, -0.15) is 5.10 Å². The van der Waals surface area contributed by atoms with Crippen molar-refractivity contribution >= 4 is 40.5 Å². The molecular weight excluding hydrogens is 789 g/mol. The Morgan fingerprint density at radius 1 is 1.10 bits per heavy atom. The summed E-state index contributed by atoms with van der Waals surface area (Å²) in [6, 6.07) is 8.55. The number of fused-ring (bicyclic) bond motifs is 6. The SMILES string of the molecule is C=CC(=O)N1CC[C@H](C(=O)N(C)[C@H](C(=O)N[C@H]2Cc3cc(O)cc(c3)-c3ccc4c(c3)c(c(-c3cnn(C)c3)n4CC)CC(C)(C)COC(=O)[C@@H]3CCCN(N3)C2=O)C(C)C)C1. The minimum absolute atomic E-state index is 0.00195. The normalized spacial score (nSPS) is 21.1. The molecule has 330 valence electrons. The number of hydrazine groups is 1. The average molecular weight is 849 g/mol. The number of cyclic esters (lactones) is 1. The number of benzene rings is 2. The summed E-state index contributed by atoms with van der Waals surface area (Å²) in [6.45, 7) is 15.3. The van der Waals surface area contributed by atoms with Crippen LogP contribution in [0.2, 0.25) is 0 Å². The van der Waals surface area contributed by atoms with Crippen LogP contribution in [0.25, 0.3) is 33.3 Å². The Balaban J connectivity index is 1.28. The van der Waals surface area contributed by atoms with Gasteiger partial charge in [0.1, 0.15) is 23.9 Å². The van der Waals surface area contributed by atoms with E-state index in [1.54, 1.807) is 28.8 Å². The number of hydrogen-bond donors (Lipinski definition) is 3. The molecule has 2 fully saturated rings. The first-order chi connectivity index (χ1) is 29.5. The lowest BCUT2D eigenvalue weighted by Gasteiger charge is -2.37. The highest BCUT2D eigenvalue weighted by Crippen LogP contribution is 2.40. The van der Waals surface area contributed by atoms with E-state index < -0.39 is 47.2 Å². The van der Waals surface area contributed by atoms with Crippen LogP contribution in [0.15, 0.2) is 61.4 Å². The monoisotopic (exact) mass is 848 g/mol. The Labute approximate surface area is 363 Å². The van der Waals surface area contributed by atoms with E-state index >= 15 is 0 Å². The van der Waals surface area contributed by atoms with Gasteiger partial charge in [-0.15, -0.1) is 0 Å². The molecule has 0 unspecified atom stereocenters. The van der Waals surface area contributed by atoms with Gasteiger partial charge in [-0.1, -0.05) is 46.4 Å². The molecule has 3 N–H and O–H groups in total. The van der Waals surface area contributed by atoms with Gasteiger partial charge >= 0.3 is 5.97 Å². The van der Waals surface area contributed by atoms with E-state index in [4.69, 9.17) is 4.74 Å². The number of amides is 4. The van der Waals surface area contributed by atoms with E-state index in [9.17, 15) is 29.1 Å². The predicted octanol–water partition coefficient (Wildman–Crippen LogP) is 4.60. The number of carbonyl (C=O) groups excluding carboxylic acids is 5. The van der Waals surface area contributed by atoms with Crippen molar-refractivity contribution < 1.29 is 33.8 Å². The lowest BCUT2D eigenvalue weighted by atomic mass is 9.84. The second-order valence-corrected chi connectivity index (χ2v) is 18.2. The van der Waals surface area contributed by atoms with Gasteiger partial charge in [-0.25, -0.2) is 5.43 Å². The molecule has 2 aromatic heterocycles. The van der Waals surface area contributed by atoms with Crippen molar-refractivity contribution in [3.05, 3.63) is 72.6 Å². The van der Waals surface area contributed by atoms with Gasteiger partial charge in [0.15, 0.2) is 0 Å². The third-order valence-electron chi connectivity index (χ3n) is 12.5. The molecule has 5 heterocycles. The molecule has 62 heavy (non-hydrogen) atoms. The van der Waals surface area contributed by atoms with Crippen molar-refractivity contribution in [1.29, 1.82) is 0 Å². The number of esters is 1. The predicted molar refractivity (Wildman–Crippen MR) is 235 cm³/mol. The zero-order chi connectivity index (χ0) is 44.6. The fourth-order valence-electron chi connectivity index (χ4n) is 9.48. The number of phenolic OH excluding ortho intramolecular Hbond substituents is 1. The quantitative estimate of drug-likeness (QED) is 0.169. The van der Waals surface area contributed by atoms with Crippen LogP contribution in [0.1, 0.15) is 65.0 Å². The van der Waals surface area contributed by atoms with E-state index in [1.165, 1.54) is 16.0 Å². The Morgan fingerprint density at radius 3 is 2.56 bits per heavy atom. The molecule has 2 aromatic carbocycles. The molecule has 4 amide bonds. The van der Waals surface area contributed by atoms with Crippen molar-refractivity contribution in [2.75, 3.05) is 33.3 Å². The van der Waals surface area contributed by atoms with Crippen LogP contribution in [0, 0.1) is 17.3 Å². The number of ether oxygens (including phenoxy) is 1. The molecular formula is C47H60N8O7. The number of rotatable bonds is 8. The Kier molecular flexibility index (Phi) is 12.7. The molecule has 6 bridgehead atoms. The molecule has 0 radical (unpaired) electrons. The Morgan fingerprint density at radius 2 is 1.87 bits per heavy atom. The molecule has 7 rings (SSSR count). The molecule has 0 saturated carbocycles. The maximum absolute atomic E-state index is 14.6. The Hall–Kier alpha value is -5.96.